The number of ether oxygens (including phenoxy) is 2. The molecule has 1 amide bonds. The van der Waals surface area contributed by atoms with Gasteiger partial charge in [0.05, 0.1) is 36.9 Å². The van der Waals surface area contributed by atoms with Crippen LogP contribution >= 0.6 is 0 Å². The summed E-state index contributed by atoms with van der Waals surface area (Å²) in [4.78, 5) is 18.8. The fourth-order valence-electron chi connectivity index (χ4n) is 6.63. The number of nitrogens with one attached hydrogen (secondary N) is 1. The van der Waals surface area contributed by atoms with Crippen LogP contribution in [0.15, 0.2) is 121 Å². The van der Waals surface area contributed by atoms with Crippen molar-refractivity contribution in [2.75, 3.05) is 25.6 Å². The van der Waals surface area contributed by atoms with Crippen LogP contribution in [0.3, 0.4) is 0 Å². The summed E-state index contributed by atoms with van der Waals surface area (Å²) in [6.45, 7) is 7.97. The van der Waals surface area contributed by atoms with Crippen LogP contribution < -0.4 is 20.4 Å². The number of amides is 1. The normalized spacial score (nSPS) is 17.9. The van der Waals surface area contributed by atoms with Crippen LogP contribution in [-0.2, 0) is 20.6 Å². The molecule has 0 bridgehead atoms. The molecular weight excluding hydrogens is 589 g/mol. The Bertz CT molecular complexity index is 1730. The summed E-state index contributed by atoms with van der Waals surface area (Å²) in [6, 6.07) is 38.9. The van der Waals surface area contributed by atoms with Gasteiger partial charge in [0.2, 0.25) is 5.91 Å². The van der Waals surface area contributed by atoms with Crippen molar-refractivity contribution in [2.45, 2.75) is 38.8 Å². The van der Waals surface area contributed by atoms with Crippen LogP contribution in [0.4, 0.5) is 5.69 Å². The third-order valence-corrected chi connectivity index (χ3v) is 14.3. The van der Waals surface area contributed by atoms with Crippen LogP contribution in [0.25, 0.3) is 10.9 Å². The van der Waals surface area contributed by atoms with E-state index in [0.717, 1.165) is 22.2 Å². The predicted molar refractivity (Wildman–Crippen MR) is 187 cm³/mol. The number of carbonyl (C=O) groups excluding carboxylic acids is 1. The molecule has 5 aromatic rings. The van der Waals surface area contributed by atoms with Crippen molar-refractivity contribution in [3.8, 4) is 5.75 Å². The zero-order valence-electron chi connectivity index (χ0n) is 27.0. The van der Waals surface area contributed by atoms with Crippen LogP contribution in [-0.4, -0.2) is 39.5 Å². The van der Waals surface area contributed by atoms with E-state index in [1.807, 2.05) is 54.6 Å². The third kappa shape index (κ3) is 6.23. The SMILES string of the molecule is COc1ccc(COCC2(C(=O)Nc3cccc4cccnc34)CC2CO[Si](c2ccccc2)(c2ccccc2)C(C)(C)C)cc1. The van der Waals surface area contributed by atoms with Crippen molar-refractivity contribution in [2.24, 2.45) is 11.3 Å². The van der Waals surface area contributed by atoms with E-state index >= 15 is 0 Å². The monoisotopic (exact) mass is 630 g/mol. The van der Waals surface area contributed by atoms with Gasteiger partial charge in [-0.15, -0.1) is 0 Å². The Hall–Kier alpha value is -4.30. The first kappa shape index (κ1) is 31.7. The molecule has 1 aliphatic rings. The Morgan fingerprint density at radius 3 is 2.15 bits per heavy atom. The number of carbonyl (C=O) groups is 1. The van der Waals surface area contributed by atoms with E-state index in [1.165, 1.54) is 10.4 Å². The van der Waals surface area contributed by atoms with Crippen LogP contribution in [0, 0.1) is 11.3 Å². The lowest BCUT2D eigenvalue weighted by Gasteiger charge is -2.43. The second kappa shape index (κ2) is 13.2. The Labute approximate surface area is 272 Å². The highest BCUT2D eigenvalue weighted by atomic mass is 28.4. The largest absolute Gasteiger partial charge is 0.497 e. The molecule has 1 heterocycles. The molecule has 2 atom stereocenters. The van der Waals surface area contributed by atoms with Gasteiger partial charge in [-0.3, -0.25) is 9.78 Å². The molecule has 0 aliphatic heterocycles. The summed E-state index contributed by atoms with van der Waals surface area (Å²) >= 11 is 0. The van der Waals surface area contributed by atoms with Crippen molar-refractivity contribution in [3.05, 3.63) is 127 Å². The highest BCUT2D eigenvalue weighted by Crippen LogP contribution is 2.54. The Kier molecular flexibility index (Phi) is 9.09. The quantitative estimate of drug-likeness (QED) is 0.151. The summed E-state index contributed by atoms with van der Waals surface area (Å²) in [5.41, 5.74) is 1.77. The van der Waals surface area contributed by atoms with Gasteiger partial charge in [0, 0.05) is 18.2 Å². The maximum absolute atomic E-state index is 14.3. The van der Waals surface area contributed by atoms with Crippen LogP contribution in [0.2, 0.25) is 5.04 Å². The number of hydrogen-bond acceptors (Lipinski definition) is 5. The van der Waals surface area contributed by atoms with Gasteiger partial charge in [-0.25, -0.2) is 0 Å². The van der Waals surface area contributed by atoms with Crippen molar-refractivity contribution >= 4 is 41.2 Å². The van der Waals surface area contributed by atoms with Crippen molar-refractivity contribution in [1.82, 2.24) is 4.98 Å². The number of methoxy groups -OCH3 is 1. The molecule has 1 fully saturated rings. The molecule has 2 unspecified atom stereocenters. The first-order chi connectivity index (χ1) is 22.3. The van der Waals surface area contributed by atoms with Crippen molar-refractivity contribution < 1.29 is 18.7 Å². The predicted octanol–water partition coefficient (Wildman–Crippen LogP) is 6.98. The maximum atomic E-state index is 14.3. The second-order valence-corrected chi connectivity index (χ2v) is 17.5. The van der Waals surface area contributed by atoms with Gasteiger partial charge in [-0.1, -0.05) is 112 Å². The molecule has 7 heteroatoms. The minimum atomic E-state index is -2.77. The van der Waals surface area contributed by atoms with Crippen LogP contribution in [0.5, 0.6) is 5.75 Å². The van der Waals surface area contributed by atoms with Gasteiger partial charge in [-0.2, -0.15) is 0 Å². The zero-order chi connectivity index (χ0) is 32.2. The topological polar surface area (TPSA) is 69.7 Å². The molecule has 1 saturated carbocycles. The lowest BCUT2D eigenvalue weighted by Crippen LogP contribution is -2.66. The Morgan fingerprint density at radius 2 is 1.52 bits per heavy atom. The first-order valence-corrected chi connectivity index (χ1v) is 17.8. The van der Waals surface area contributed by atoms with Crippen molar-refractivity contribution in [3.63, 3.8) is 0 Å². The molecule has 0 spiro atoms. The summed E-state index contributed by atoms with van der Waals surface area (Å²) in [5, 5.41) is 6.50. The number of nitrogens with zero attached hydrogens (tertiary/aromatic N) is 1. The van der Waals surface area contributed by atoms with Gasteiger partial charge in [-0.05, 0) is 57.6 Å². The lowest BCUT2D eigenvalue weighted by molar-refractivity contribution is -0.124. The molecule has 6 rings (SSSR count). The molecule has 1 aromatic heterocycles. The number of hydrogen-bond donors (Lipinski definition) is 1. The lowest BCUT2D eigenvalue weighted by atomic mass is 10.0. The van der Waals surface area contributed by atoms with E-state index in [-0.39, 0.29) is 23.5 Å². The van der Waals surface area contributed by atoms with E-state index < -0.39 is 13.7 Å². The van der Waals surface area contributed by atoms with E-state index in [2.05, 4.69) is 91.7 Å². The summed E-state index contributed by atoms with van der Waals surface area (Å²) < 4.78 is 18.9. The highest BCUT2D eigenvalue weighted by molar-refractivity contribution is 6.99. The van der Waals surface area contributed by atoms with E-state index in [4.69, 9.17) is 13.9 Å². The molecule has 4 aromatic carbocycles. The summed E-state index contributed by atoms with van der Waals surface area (Å²) in [5.74, 6) is 0.732. The molecule has 236 valence electrons. The number of rotatable bonds is 12. The third-order valence-electron chi connectivity index (χ3n) is 9.27. The van der Waals surface area contributed by atoms with Gasteiger partial charge >= 0.3 is 0 Å². The molecule has 46 heavy (non-hydrogen) atoms. The average Bonchev–Trinajstić information content (AvgIpc) is 3.80. The number of anilines is 1. The molecule has 0 radical (unpaired) electrons. The fourth-order valence-corrected chi connectivity index (χ4v) is 11.2. The molecular formula is C39H42N2O4Si. The van der Waals surface area contributed by atoms with E-state index in [1.54, 1.807) is 13.3 Å². The van der Waals surface area contributed by atoms with Crippen molar-refractivity contribution in [1.29, 1.82) is 0 Å². The Morgan fingerprint density at radius 1 is 0.870 bits per heavy atom. The molecule has 6 nitrogen and oxygen atoms in total. The smallest absolute Gasteiger partial charge is 0.261 e. The summed E-state index contributed by atoms with van der Waals surface area (Å²) in [7, 11) is -1.11. The molecule has 0 saturated heterocycles. The minimum Gasteiger partial charge on any atom is -0.497 e. The number of para-hydroxylation sites is 1. The minimum absolute atomic E-state index is 0.00653. The average molecular weight is 631 g/mol. The highest BCUT2D eigenvalue weighted by Gasteiger charge is 2.61. The molecule has 1 N–H and O–H groups in total. The van der Waals surface area contributed by atoms with E-state index in [0.29, 0.717) is 25.3 Å². The first-order valence-electron chi connectivity index (χ1n) is 15.9. The second-order valence-electron chi connectivity index (χ2n) is 13.2. The number of aromatic nitrogens is 1. The number of pyridine rings is 1. The number of benzene rings is 4. The molecule has 1 aliphatic carbocycles. The fraction of sp³-hybridized carbons (Fsp3) is 0.282. The standard InChI is InChI=1S/C39H42N2O4Si/c1-38(2,3)46(33-15-7-5-8-16-33,34-17-9-6-10-18-34)45-27-31-25-39(31,28-44-26-29-20-22-32(43-4)23-21-29)37(42)41-35-19-11-13-30-14-12-24-40-36(30)35/h5-24,31H,25-28H2,1-4H3,(H,41,42). The number of fused-ring (bicyclic) bond motifs is 1. The summed E-state index contributed by atoms with van der Waals surface area (Å²) in [6.07, 6.45) is 2.43. The Balaban J connectivity index is 1.28. The van der Waals surface area contributed by atoms with E-state index in [9.17, 15) is 4.79 Å². The van der Waals surface area contributed by atoms with Gasteiger partial charge in [0.25, 0.3) is 8.32 Å². The van der Waals surface area contributed by atoms with Gasteiger partial charge in [0.1, 0.15) is 5.75 Å². The van der Waals surface area contributed by atoms with Gasteiger partial charge < -0.3 is 19.2 Å². The maximum Gasteiger partial charge on any atom is 0.261 e. The van der Waals surface area contributed by atoms with Crippen LogP contribution in [0.1, 0.15) is 32.8 Å². The van der Waals surface area contributed by atoms with Gasteiger partial charge in [0.15, 0.2) is 0 Å². The zero-order valence-corrected chi connectivity index (χ0v) is 28.0.